The summed E-state index contributed by atoms with van der Waals surface area (Å²) in [5.41, 5.74) is -0.463. The molecule has 0 radical (unpaired) electrons. The summed E-state index contributed by atoms with van der Waals surface area (Å²) in [6.07, 6.45) is 0. The number of carbonyl (C=O) groups excluding carboxylic acids is 2. The molecule has 0 heterocycles. The predicted molar refractivity (Wildman–Crippen MR) is 130 cm³/mol. The van der Waals surface area contributed by atoms with Gasteiger partial charge in [0.05, 0.1) is 41.7 Å². The molecule has 0 aromatic heterocycles. The molecule has 3 aromatic rings. The molecule has 0 spiro atoms. The second-order valence-corrected chi connectivity index (χ2v) is 9.44. The zero-order chi connectivity index (χ0) is 24.3. The minimum atomic E-state index is -3.32. The van der Waals surface area contributed by atoms with Gasteiger partial charge < -0.3 is 18.8 Å². The summed E-state index contributed by atoms with van der Waals surface area (Å²) in [5, 5.41) is -0.646. The normalized spacial score (nSPS) is 11.6. The minimum absolute atomic E-state index is 0.0310. The number of hydrogen-bond donors (Lipinski definition) is 0. The lowest BCUT2D eigenvalue weighted by Crippen LogP contribution is -2.13. The third kappa shape index (κ3) is 4.90. The Morgan fingerprint density at radius 2 is 1.39 bits per heavy atom. The molecule has 10 heteroatoms. The second kappa shape index (κ2) is 10.6. The smallest absolute Gasteiger partial charge is 0.230 e. The SMILES string of the molecule is COc1cc(OC)c(C(=O)[PH](=O)c2c(Cl)cc(C(=O)c3ccccc3)c(Cl)c2Cl)c(OC)c1. The molecule has 1 atom stereocenters. The Balaban J connectivity index is 2.10. The van der Waals surface area contributed by atoms with E-state index in [9.17, 15) is 14.2 Å². The van der Waals surface area contributed by atoms with Crippen LogP contribution in [0, 0.1) is 0 Å². The van der Waals surface area contributed by atoms with E-state index in [0.29, 0.717) is 11.3 Å². The molecule has 33 heavy (non-hydrogen) atoms. The van der Waals surface area contributed by atoms with Crippen LogP contribution < -0.4 is 19.5 Å². The number of halogens is 3. The van der Waals surface area contributed by atoms with Crippen LogP contribution in [-0.2, 0) is 4.57 Å². The number of methoxy groups -OCH3 is 3. The largest absolute Gasteiger partial charge is 0.496 e. The molecule has 3 rings (SSSR count). The van der Waals surface area contributed by atoms with Gasteiger partial charge in [0.2, 0.25) is 5.52 Å². The molecule has 0 aliphatic heterocycles. The van der Waals surface area contributed by atoms with Crippen molar-refractivity contribution >= 4 is 59.2 Å². The predicted octanol–water partition coefficient (Wildman–Crippen LogP) is 5.93. The Morgan fingerprint density at radius 1 is 0.818 bits per heavy atom. The fourth-order valence-electron chi connectivity index (χ4n) is 3.17. The van der Waals surface area contributed by atoms with E-state index in [1.807, 2.05) is 0 Å². The summed E-state index contributed by atoms with van der Waals surface area (Å²) in [4.78, 5) is 26.1. The highest BCUT2D eigenvalue weighted by Gasteiger charge is 2.30. The average Bonchev–Trinajstić information content (AvgIpc) is 2.84. The van der Waals surface area contributed by atoms with Crippen LogP contribution in [0.4, 0.5) is 0 Å². The van der Waals surface area contributed by atoms with Gasteiger partial charge in [-0.05, 0) is 6.07 Å². The molecule has 0 fully saturated rings. The van der Waals surface area contributed by atoms with Crippen molar-refractivity contribution in [2.75, 3.05) is 21.3 Å². The molecule has 0 aliphatic rings. The van der Waals surface area contributed by atoms with Crippen molar-refractivity contribution in [2.24, 2.45) is 0 Å². The number of carbonyl (C=O) groups is 2. The van der Waals surface area contributed by atoms with Gasteiger partial charge >= 0.3 is 0 Å². The molecule has 0 amide bonds. The zero-order valence-electron chi connectivity index (χ0n) is 17.7. The first kappa shape index (κ1) is 25.1. The number of rotatable bonds is 8. The molecule has 0 N–H and O–H groups in total. The van der Waals surface area contributed by atoms with E-state index in [1.165, 1.54) is 39.5 Å². The molecular weight excluding hydrogens is 510 g/mol. The van der Waals surface area contributed by atoms with Gasteiger partial charge in [0.15, 0.2) is 13.6 Å². The molecule has 0 saturated heterocycles. The van der Waals surface area contributed by atoms with Gasteiger partial charge in [-0.1, -0.05) is 65.1 Å². The highest BCUT2D eigenvalue weighted by Crippen LogP contribution is 2.43. The first-order valence-electron chi connectivity index (χ1n) is 9.41. The quantitative estimate of drug-likeness (QED) is 0.205. The van der Waals surface area contributed by atoms with Crippen molar-refractivity contribution in [1.29, 1.82) is 0 Å². The summed E-state index contributed by atoms with van der Waals surface area (Å²) in [7, 11) is 0.825. The second-order valence-electron chi connectivity index (χ2n) is 6.67. The van der Waals surface area contributed by atoms with Gasteiger partial charge in [-0.2, -0.15) is 0 Å². The average molecular weight is 528 g/mol. The monoisotopic (exact) mass is 526 g/mol. The van der Waals surface area contributed by atoms with E-state index in [2.05, 4.69) is 0 Å². The van der Waals surface area contributed by atoms with E-state index >= 15 is 0 Å². The maximum Gasteiger partial charge on any atom is 0.230 e. The summed E-state index contributed by atoms with van der Waals surface area (Å²) in [6.45, 7) is 0. The van der Waals surface area contributed by atoms with Crippen molar-refractivity contribution in [2.45, 2.75) is 0 Å². The van der Waals surface area contributed by atoms with Crippen molar-refractivity contribution in [1.82, 2.24) is 0 Å². The fourth-order valence-corrected chi connectivity index (χ4v) is 5.77. The highest BCUT2D eigenvalue weighted by molar-refractivity contribution is 7.72. The standard InChI is InChI=1S/C23H18Cl3O6P/c1-30-13-9-16(31-2)18(17(10-13)32-3)23(28)33(29)22-15(24)11-14(19(25)20(22)26)21(27)12-7-5-4-6-8-12/h4-11,33H,1-3H3. The summed E-state index contributed by atoms with van der Waals surface area (Å²) < 4.78 is 29.1. The van der Waals surface area contributed by atoms with E-state index in [4.69, 9.17) is 49.0 Å². The molecule has 0 aliphatic carbocycles. The van der Waals surface area contributed by atoms with E-state index < -0.39 is 19.1 Å². The van der Waals surface area contributed by atoms with Crippen LogP contribution in [0.3, 0.4) is 0 Å². The van der Waals surface area contributed by atoms with Crippen LogP contribution in [0.25, 0.3) is 0 Å². The van der Waals surface area contributed by atoms with Gasteiger partial charge in [-0.3, -0.25) is 9.59 Å². The summed E-state index contributed by atoms with van der Waals surface area (Å²) in [5.74, 6) is 0.163. The molecular formula is C23H18Cl3O6P. The highest BCUT2D eigenvalue weighted by atomic mass is 35.5. The van der Waals surface area contributed by atoms with Crippen LogP contribution >= 0.6 is 42.6 Å². The van der Waals surface area contributed by atoms with Crippen molar-refractivity contribution in [3.8, 4) is 17.2 Å². The van der Waals surface area contributed by atoms with Crippen LogP contribution in [-0.4, -0.2) is 32.6 Å². The van der Waals surface area contributed by atoms with Gasteiger partial charge in [0.25, 0.3) is 0 Å². The number of hydrogen-bond acceptors (Lipinski definition) is 6. The third-order valence-corrected chi connectivity index (χ3v) is 7.93. The van der Waals surface area contributed by atoms with Crippen LogP contribution in [0.5, 0.6) is 17.2 Å². The number of ketones is 1. The maximum atomic E-state index is 13.4. The van der Waals surface area contributed by atoms with E-state index in [-0.39, 0.29) is 43.0 Å². The maximum absolute atomic E-state index is 13.4. The van der Waals surface area contributed by atoms with Gasteiger partial charge in [-0.15, -0.1) is 0 Å². The molecule has 172 valence electrons. The number of benzene rings is 3. The van der Waals surface area contributed by atoms with Crippen molar-refractivity contribution < 1.29 is 28.4 Å². The lowest BCUT2D eigenvalue weighted by atomic mass is 10.0. The zero-order valence-corrected chi connectivity index (χ0v) is 21.0. The molecule has 0 saturated carbocycles. The van der Waals surface area contributed by atoms with Crippen LogP contribution in [0.1, 0.15) is 26.3 Å². The molecule has 6 nitrogen and oxygen atoms in total. The molecule has 3 aromatic carbocycles. The summed E-state index contributed by atoms with van der Waals surface area (Å²) >= 11 is 19.1. The summed E-state index contributed by atoms with van der Waals surface area (Å²) in [6, 6.07) is 12.6. The molecule has 1 unspecified atom stereocenters. The van der Waals surface area contributed by atoms with Crippen molar-refractivity contribution in [3.63, 3.8) is 0 Å². The fraction of sp³-hybridized carbons (Fsp3) is 0.130. The Kier molecular flexibility index (Phi) is 8.09. The van der Waals surface area contributed by atoms with Gasteiger partial charge in [-0.25, -0.2) is 0 Å². The Bertz CT molecular complexity index is 1240. The minimum Gasteiger partial charge on any atom is -0.496 e. The Labute approximate surface area is 206 Å². The van der Waals surface area contributed by atoms with Crippen LogP contribution in [0.15, 0.2) is 48.5 Å². The van der Waals surface area contributed by atoms with Gasteiger partial charge in [0.1, 0.15) is 22.8 Å². The van der Waals surface area contributed by atoms with E-state index in [1.54, 1.807) is 30.3 Å². The van der Waals surface area contributed by atoms with Crippen molar-refractivity contribution in [3.05, 3.63) is 80.3 Å². The van der Waals surface area contributed by atoms with Gasteiger partial charge in [0, 0.05) is 23.3 Å². The lowest BCUT2D eigenvalue weighted by molar-refractivity contribution is 0.103. The lowest BCUT2D eigenvalue weighted by Gasteiger charge is -2.16. The number of ether oxygens (including phenoxy) is 3. The molecule has 0 bridgehead atoms. The first-order chi connectivity index (χ1) is 15.7. The van der Waals surface area contributed by atoms with E-state index in [0.717, 1.165) is 0 Å². The third-order valence-electron chi connectivity index (χ3n) is 4.81. The Morgan fingerprint density at radius 3 is 1.91 bits per heavy atom. The topological polar surface area (TPSA) is 78.9 Å². The van der Waals surface area contributed by atoms with Crippen LogP contribution in [0.2, 0.25) is 15.1 Å². The Hall–Kier alpha value is -2.50. The first-order valence-corrected chi connectivity index (χ1v) is 12.0.